The molecule has 0 atom stereocenters. The fourth-order valence-electron chi connectivity index (χ4n) is 2.06. The SMILES string of the molecule is CN(c1ccc(-c2csc(NC(=O)c3cccs3)n2)cc1)S(C)(=O)=O. The van der Waals surface area contributed by atoms with E-state index in [1.165, 1.54) is 34.0 Å². The van der Waals surface area contributed by atoms with Gasteiger partial charge in [0, 0.05) is 18.0 Å². The molecule has 0 aliphatic rings. The Balaban J connectivity index is 1.75. The Morgan fingerprint density at radius 1 is 1.16 bits per heavy atom. The summed E-state index contributed by atoms with van der Waals surface area (Å²) in [4.78, 5) is 17.1. The molecule has 0 bridgehead atoms. The van der Waals surface area contributed by atoms with Crippen LogP contribution in [0.4, 0.5) is 10.8 Å². The van der Waals surface area contributed by atoms with Gasteiger partial charge in [0.2, 0.25) is 10.0 Å². The van der Waals surface area contributed by atoms with Gasteiger partial charge < -0.3 is 0 Å². The van der Waals surface area contributed by atoms with Gasteiger partial charge in [-0.3, -0.25) is 14.4 Å². The van der Waals surface area contributed by atoms with Crippen LogP contribution >= 0.6 is 22.7 Å². The number of carbonyl (C=O) groups is 1. The van der Waals surface area contributed by atoms with Crippen molar-refractivity contribution in [2.24, 2.45) is 0 Å². The van der Waals surface area contributed by atoms with Crippen LogP contribution in [-0.2, 0) is 10.0 Å². The summed E-state index contributed by atoms with van der Waals surface area (Å²) in [6.07, 6.45) is 1.16. The number of hydrogen-bond acceptors (Lipinski definition) is 6. The van der Waals surface area contributed by atoms with Crippen molar-refractivity contribution in [2.45, 2.75) is 0 Å². The van der Waals surface area contributed by atoms with Crippen LogP contribution in [0.25, 0.3) is 11.3 Å². The molecule has 1 aromatic carbocycles. The summed E-state index contributed by atoms with van der Waals surface area (Å²) in [5, 5.41) is 6.99. The molecule has 6 nitrogen and oxygen atoms in total. The molecule has 0 aliphatic heterocycles. The molecule has 1 N–H and O–H groups in total. The average molecular weight is 394 g/mol. The van der Waals surface area contributed by atoms with Crippen LogP contribution in [0.1, 0.15) is 9.67 Å². The lowest BCUT2D eigenvalue weighted by molar-refractivity contribution is 0.103. The van der Waals surface area contributed by atoms with Crippen LogP contribution in [0.5, 0.6) is 0 Å². The molecule has 0 aliphatic carbocycles. The highest BCUT2D eigenvalue weighted by atomic mass is 32.2. The second kappa shape index (κ2) is 6.95. The zero-order chi connectivity index (χ0) is 18.0. The van der Waals surface area contributed by atoms with Crippen LogP contribution in [-0.4, -0.2) is 32.6 Å². The topological polar surface area (TPSA) is 79.4 Å². The number of aromatic nitrogens is 1. The van der Waals surface area contributed by atoms with Crippen molar-refractivity contribution in [3.05, 3.63) is 52.0 Å². The van der Waals surface area contributed by atoms with Crippen LogP contribution < -0.4 is 9.62 Å². The van der Waals surface area contributed by atoms with E-state index in [1.54, 1.807) is 30.3 Å². The second-order valence-electron chi connectivity index (χ2n) is 5.25. The van der Waals surface area contributed by atoms with Crippen molar-refractivity contribution in [3.8, 4) is 11.3 Å². The Morgan fingerprint density at radius 2 is 1.88 bits per heavy atom. The first-order valence-electron chi connectivity index (χ1n) is 7.19. The van der Waals surface area contributed by atoms with Gasteiger partial charge in [0.1, 0.15) is 0 Å². The minimum atomic E-state index is -3.29. The lowest BCUT2D eigenvalue weighted by Gasteiger charge is -2.16. The van der Waals surface area contributed by atoms with Gasteiger partial charge in [-0.2, -0.15) is 0 Å². The normalized spacial score (nSPS) is 11.3. The van der Waals surface area contributed by atoms with E-state index in [9.17, 15) is 13.2 Å². The van der Waals surface area contributed by atoms with E-state index in [4.69, 9.17) is 0 Å². The van der Waals surface area contributed by atoms with E-state index in [0.717, 1.165) is 17.5 Å². The Kier molecular flexibility index (Phi) is 4.89. The van der Waals surface area contributed by atoms with Crippen LogP contribution in [0.15, 0.2) is 47.2 Å². The van der Waals surface area contributed by atoms with Gasteiger partial charge in [-0.05, 0) is 23.6 Å². The smallest absolute Gasteiger partial charge is 0.267 e. The first kappa shape index (κ1) is 17.6. The van der Waals surface area contributed by atoms with Crippen molar-refractivity contribution < 1.29 is 13.2 Å². The standard InChI is InChI=1S/C16H15N3O3S3/c1-19(25(2,21)22)12-7-5-11(6-8-12)13-10-24-16(17-13)18-15(20)14-4-3-9-23-14/h3-10H,1-2H3,(H,17,18,20). The third kappa shape index (κ3) is 4.06. The summed E-state index contributed by atoms with van der Waals surface area (Å²) in [5.41, 5.74) is 2.14. The minimum absolute atomic E-state index is 0.180. The van der Waals surface area contributed by atoms with E-state index in [0.29, 0.717) is 15.7 Å². The molecule has 0 radical (unpaired) electrons. The zero-order valence-corrected chi connectivity index (χ0v) is 15.9. The molecule has 130 valence electrons. The third-order valence-corrected chi connectivity index (χ3v) is 6.33. The Morgan fingerprint density at radius 3 is 2.48 bits per heavy atom. The molecular formula is C16H15N3O3S3. The Bertz CT molecular complexity index is 977. The molecule has 25 heavy (non-hydrogen) atoms. The summed E-state index contributed by atoms with van der Waals surface area (Å²) in [6.45, 7) is 0. The lowest BCUT2D eigenvalue weighted by Crippen LogP contribution is -2.24. The molecule has 0 unspecified atom stereocenters. The van der Waals surface area contributed by atoms with Crippen molar-refractivity contribution in [1.29, 1.82) is 0 Å². The number of thiazole rings is 1. The van der Waals surface area contributed by atoms with E-state index < -0.39 is 10.0 Å². The first-order chi connectivity index (χ1) is 11.8. The van der Waals surface area contributed by atoms with Gasteiger partial charge in [-0.1, -0.05) is 18.2 Å². The minimum Gasteiger partial charge on any atom is -0.297 e. The highest BCUT2D eigenvalue weighted by Crippen LogP contribution is 2.27. The third-order valence-electron chi connectivity index (χ3n) is 3.49. The number of hydrogen-bond donors (Lipinski definition) is 1. The summed E-state index contributed by atoms with van der Waals surface area (Å²) < 4.78 is 24.3. The Hall–Kier alpha value is -2.23. The van der Waals surface area contributed by atoms with Gasteiger partial charge in [0.05, 0.1) is 22.5 Å². The highest BCUT2D eigenvalue weighted by Gasteiger charge is 2.13. The first-order valence-corrected chi connectivity index (χ1v) is 10.8. The maximum Gasteiger partial charge on any atom is 0.267 e. The predicted molar refractivity (Wildman–Crippen MR) is 103 cm³/mol. The summed E-state index contributed by atoms with van der Waals surface area (Å²) in [7, 11) is -1.79. The molecule has 3 rings (SSSR count). The van der Waals surface area contributed by atoms with Crippen molar-refractivity contribution in [3.63, 3.8) is 0 Å². The van der Waals surface area contributed by atoms with Gasteiger partial charge in [0.25, 0.3) is 5.91 Å². The molecule has 3 aromatic rings. The van der Waals surface area contributed by atoms with Gasteiger partial charge in [-0.25, -0.2) is 13.4 Å². The highest BCUT2D eigenvalue weighted by molar-refractivity contribution is 7.92. The molecule has 2 heterocycles. The van der Waals surface area contributed by atoms with Crippen LogP contribution in [0, 0.1) is 0 Å². The summed E-state index contributed by atoms with van der Waals surface area (Å²) in [5.74, 6) is -0.180. The quantitative estimate of drug-likeness (QED) is 0.719. The number of thiophene rings is 1. The lowest BCUT2D eigenvalue weighted by atomic mass is 10.1. The second-order valence-corrected chi connectivity index (χ2v) is 9.07. The largest absolute Gasteiger partial charge is 0.297 e. The number of nitrogens with one attached hydrogen (secondary N) is 1. The molecule has 0 spiro atoms. The predicted octanol–water partition coefficient (Wildman–Crippen LogP) is 3.52. The number of anilines is 2. The van der Waals surface area contributed by atoms with Crippen LogP contribution in [0.2, 0.25) is 0 Å². The molecule has 0 saturated heterocycles. The fraction of sp³-hybridized carbons (Fsp3) is 0.125. The summed E-state index contributed by atoms with van der Waals surface area (Å²) >= 11 is 2.71. The van der Waals surface area contributed by atoms with Crippen molar-refractivity contribution in [2.75, 3.05) is 22.9 Å². The molecule has 2 aromatic heterocycles. The van der Waals surface area contributed by atoms with Crippen LogP contribution in [0.3, 0.4) is 0 Å². The van der Waals surface area contributed by atoms with E-state index in [1.807, 2.05) is 16.8 Å². The van der Waals surface area contributed by atoms with Gasteiger partial charge >= 0.3 is 0 Å². The maximum atomic E-state index is 12.0. The van der Waals surface area contributed by atoms with Gasteiger partial charge in [0.15, 0.2) is 5.13 Å². The average Bonchev–Trinajstić information content (AvgIpc) is 3.25. The summed E-state index contributed by atoms with van der Waals surface area (Å²) in [6, 6.07) is 10.6. The fourth-order valence-corrected chi connectivity index (χ4v) is 3.90. The number of amides is 1. The Labute approximate surface area is 153 Å². The monoisotopic (exact) mass is 393 g/mol. The van der Waals surface area contributed by atoms with Gasteiger partial charge in [-0.15, -0.1) is 22.7 Å². The number of sulfonamides is 1. The zero-order valence-electron chi connectivity index (χ0n) is 13.5. The molecule has 0 fully saturated rings. The van der Waals surface area contributed by atoms with Crippen molar-refractivity contribution in [1.82, 2.24) is 4.98 Å². The number of rotatable bonds is 5. The molecular weight excluding hydrogens is 378 g/mol. The van der Waals surface area contributed by atoms with E-state index >= 15 is 0 Å². The molecule has 0 saturated carbocycles. The molecule has 9 heteroatoms. The number of benzene rings is 1. The number of nitrogens with zero attached hydrogens (tertiary/aromatic N) is 2. The van der Waals surface area contributed by atoms with E-state index in [2.05, 4.69) is 10.3 Å². The molecule has 1 amide bonds. The number of carbonyl (C=O) groups excluding carboxylic acids is 1. The van der Waals surface area contributed by atoms with E-state index in [-0.39, 0.29) is 5.91 Å². The maximum absolute atomic E-state index is 12.0. The van der Waals surface area contributed by atoms with Crippen molar-refractivity contribution >= 4 is 49.4 Å².